The van der Waals surface area contributed by atoms with Crippen LogP contribution in [-0.4, -0.2) is 41.9 Å². The van der Waals surface area contributed by atoms with Crippen molar-refractivity contribution in [1.82, 2.24) is 14.5 Å². The Bertz CT molecular complexity index is 926. The predicted molar refractivity (Wildman–Crippen MR) is 104 cm³/mol. The van der Waals surface area contributed by atoms with Gasteiger partial charge in [0.25, 0.3) is 0 Å². The minimum Gasteiger partial charge on any atom is -0.326 e. The highest BCUT2D eigenvalue weighted by molar-refractivity contribution is 7.89. The Labute approximate surface area is 160 Å². The number of amides is 1. The van der Waals surface area contributed by atoms with Crippen molar-refractivity contribution in [3.05, 3.63) is 40.7 Å². The lowest BCUT2D eigenvalue weighted by Crippen LogP contribution is -2.43. The van der Waals surface area contributed by atoms with Gasteiger partial charge in [0.1, 0.15) is 4.90 Å². The number of piperidine rings is 1. The summed E-state index contributed by atoms with van der Waals surface area (Å²) in [5, 5.41) is 9.66. The average molecular weight is 391 g/mol. The third-order valence-electron chi connectivity index (χ3n) is 4.90. The van der Waals surface area contributed by atoms with E-state index in [1.54, 1.807) is 13.8 Å². The molecule has 0 spiro atoms. The molecule has 1 aromatic heterocycles. The Morgan fingerprint density at radius 1 is 1.19 bits per heavy atom. The van der Waals surface area contributed by atoms with Crippen LogP contribution in [0, 0.1) is 33.6 Å². The second kappa shape index (κ2) is 7.44. The van der Waals surface area contributed by atoms with E-state index in [1.165, 1.54) is 4.31 Å². The van der Waals surface area contributed by atoms with E-state index >= 15 is 0 Å². The average Bonchev–Trinajstić information content (AvgIpc) is 2.93. The van der Waals surface area contributed by atoms with E-state index in [1.807, 2.05) is 32.0 Å². The van der Waals surface area contributed by atoms with Gasteiger partial charge in [-0.15, -0.1) is 0 Å². The van der Waals surface area contributed by atoms with Gasteiger partial charge in [0.15, 0.2) is 0 Å². The zero-order chi connectivity index (χ0) is 19.8. The summed E-state index contributed by atoms with van der Waals surface area (Å²) in [6, 6.07) is 5.88. The van der Waals surface area contributed by atoms with E-state index < -0.39 is 10.0 Å². The lowest BCUT2D eigenvalue weighted by atomic mass is 9.98. The van der Waals surface area contributed by atoms with E-state index in [-0.39, 0.29) is 23.3 Å². The highest BCUT2D eigenvalue weighted by Gasteiger charge is 2.35. The van der Waals surface area contributed by atoms with Crippen LogP contribution >= 0.6 is 0 Å². The van der Waals surface area contributed by atoms with Crippen LogP contribution < -0.4 is 5.32 Å². The first-order valence-electron chi connectivity index (χ1n) is 9.09. The number of nitrogens with zero attached hydrogens (tertiary/aromatic N) is 2. The highest BCUT2D eigenvalue weighted by atomic mass is 32.2. The summed E-state index contributed by atoms with van der Waals surface area (Å²) in [7, 11) is -3.67. The quantitative estimate of drug-likeness (QED) is 0.839. The first-order valence-corrected chi connectivity index (χ1v) is 10.5. The number of aromatic nitrogens is 2. The number of H-pyrrole nitrogens is 1. The van der Waals surface area contributed by atoms with Crippen molar-refractivity contribution in [2.24, 2.45) is 5.92 Å². The van der Waals surface area contributed by atoms with Gasteiger partial charge in [-0.3, -0.25) is 9.89 Å². The molecule has 1 aliphatic rings. The standard InChI is InChI=1S/C19H26N4O3S/c1-12-8-13(2)10-17(9-12)20-19(24)16-6-5-7-23(11-16)27(25,26)18-14(3)21-22-15(18)4/h8-10,16H,5-7,11H2,1-4H3,(H,20,24)(H,21,22). The predicted octanol–water partition coefficient (Wildman–Crippen LogP) is 2.68. The molecule has 2 N–H and O–H groups in total. The second-order valence-electron chi connectivity index (χ2n) is 7.33. The van der Waals surface area contributed by atoms with Crippen LogP contribution in [0.3, 0.4) is 0 Å². The molecule has 0 radical (unpaired) electrons. The first kappa shape index (κ1) is 19.6. The molecule has 8 heteroatoms. The zero-order valence-corrected chi connectivity index (χ0v) is 17.0. The summed E-state index contributed by atoms with van der Waals surface area (Å²) in [5.74, 6) is -0.512. The van der Waals surface area contributed by atoms with Crippen molar-refractivity contribution >= 4 is 21.6 Å². The van der Waals surface area contributed by atoms with Gasteiger partial charge in [-0.2, -0.15) is 9.40 Å². The number of carbonyl (C=O) groups excluding carboxylic acids is 1. The maximum Gasteiger partial charge on any atom is 0.246 e. The van der Waals surface area contributed by atoms with Gasteiger partial charge >= 0.3 is 0 Å². The van der Waals surface area contributed by atoms with Gasteiger partial charge in [0, 0.05) is 18.8 Å². The van der Waals surface area contributed by atoms with Gasteiger partial charge in [-0.05, 0) is 63.8 Å². The summed E-state index contributed by atoms with van der Waals surface area (Å²) in [5.41, 5.74) is 3.87. The number of aryl methyl sites for hydroxylation is 4. The summed E-state index contributed by atoms with van der Waals surface area (Å²) < 4.78 is 27.5. The monoisotopic (exact) mass is 390 g/mol. The SMILES string of the molecule is Cc1cc(C)cc(NC(=O)C2CCCN(S(=O)(=O)c3c(C)n[nH]c3C)C2)c1. The third kappa shape index (κ3) is 4.06. The normalized spacial score (nSPS) is 18.4. The Balaban J connectivity index is 1.76. The van der Waals surface area contributed by atoms with Crippen LogP contribution in [0.5, 0.6) is 0 Å². The number of aromatic amines is 1. The molecule has 3 rings (SSSR count). The van der Waals surface area contributed by atoms with Crippen LogP contribution in [0.2, 0.25) is 0 Å². The number of hydrogen-bond donors (Lipinski definition) is 2. The number of hydrogen-bond acceptors (Lipinski definition) is 4. The number of sulfonamides is 1. The van der Waals surface area contributed by atoms with E-state index in [2.05, 4.69) is 15.5 Å². The van der Waals surface area contributed by atoms with Gasteiger partial charge in [0.2, 0.25) is 15.9 Å². The van der Waals surface area contributed by atoms with Gasteiger partial charge < -0.3 is 5.32 Å². The summed E-state index contributed by atoms with van der Waals surface area (Å²) in [6.07, 6.45) is 1.33. The molecule has 1 saturated heterocycles. The summed E-state index contributed by atoms with van der Waals surface area (Å²) in [6.45, 7) is 7.93. The van der Waals surface area contributed by atoms with Crippen LogP contribution in [0.25, 0.3) is 0 Å². The molecule has 1 aromatic carbocycles. The molecule has 0 aliphatic carbocycles. The minimum atomic E-state index is -3.67. The molecule has 0 bridgehead atoms. The molecular weight excluding hydrogens is 364 g/mol. The Morgan fingerprint density at radius 3 is 2.44 bits per heavy atom. The largest absolute Gasteiger partial charge is 0.326 e. The minimum absolute atomic E-state index is 0.138. The Hall–Kier alpha value is -2.19. The van der Waals surface area contributed by atoms with Crippen LogP contribution in [0.15, 0.2) is 23.1 Å². The van der Waals surface area contributed by atoms with E-state index in [0.29, 0.717) is 30.8 Å². The third-order valence-corrected chi connectivity index (χ3v) is 7.03. The van der Waals surface area contributed by atoms with E-state index in [9.17, 15) is 13.2 Å². The van der Waals surface area contributed by atoms with Crippen LogP contribution in [0.1, 0.15) is 35.4 Å². The number of benzene rings is 1. The lowest BCUT2D eigenvalue weighted by Gasteiger charge is -2.31. The van der Waals surface area contributed by atoms with Crippen molar-refractivity contribution in [2.75, 3.05) is 18.4 Å². The molecule has 2 aromatic rings. The van der Waals surface area contributed by atoms with E-state index in [0.717, 1.165) is 16.8 Å². The molecule has 1 fully saturated rings. The summed E-state index contributed by atoms with van der Waals surface area (Å²) >= 11 is 0. The lowest BCUT2D eigenvalue weighted by molar-refractivity contribution is -0.120. The molecule has 2 heterocycles. The fourth-order valence-corrected chi connectivity index (χ4v) is 5.57. The molecular formula is C19H26N4O3S. The van der Waals surface area contributed by atoms with Crippen molar-refractivity contribution in [3.63, 3.8) is 0 Å². The van der Waals surface area contributed by atoms with Gasteiger partial charge in [-0.1, -0.05) is 6.07 Å². The van der Waals surface area contributed by atoms with Gasteiger partial charge in [0.05, 0.1) is 17.3 Å². The Morgan fingerprint density at radius 2 is 1.85 bits per heavy atom. The molecule has 1 atom stereocenters. The molecule has 146 valence electrons. The Kier molecular flexibility index (Phi) is 5.39. The maximum atomic E-state index is 13.0. The zero-order valence-electron chi connectivity index (χ0n) is 16.2. The number of carbonyl (C=O) groups is 1. The second-order valence-corrected chi connectivity index (χ2v) is 9.21. The van der Waals surface area contributed by atoms with Crippen molar-refractivity contribution in [1.29, 1.82) is 0 Å². The fraction of sp³-hybridized carbons (Fsp3) is 0.474. The van der Waals surface area contributed by atoms with E-state index in [4.69, 9.17) is 0 Å². The number of nitrogens with one attached hydrogen (secondary N) is 2. The van der Waals surface area contributed by atoms with Crippen molar-refractivity contribution < 1.29 is 13.2 Å². The topological polar surface area (TPSA) is 95.2 Å². The van der Waals surface area contributed by atoms with Crippen LogP contribution in [-0.2, 0) is 14.8 Å². The van der Waals surface area contributed by atoms with Gasteiger partial charge in [-0.25, -0.2) is 8.42 Å². The molecule has 1 aliphatic heterocycles. The van der Waals surface area contributed by atoms with Crippen molar-refractivity contribution in [2.45, 2.75) is 45.4 Å². The number of rotatable bonds is 4. The first-order chi connectivity index (χ1) is 12.7. The fourth-order valence-electron chi connectivity index (χ4n) is 3.72. The molecule has 27 heavy (non-hydrogen) atoms. The summed E-state index contributed by atoms with van der Waals surface area (Å²) in [4.78, 5) is 13.0. The maximum absolute atomic E-state index is 13.0. The molecule has 0 saturated carbocycles. The molecule has 7 nitrogen and oxygen atoms in total. The smallest absolute Gasteiger partial charge is 0.246 e. The molecule has 1 amide bonds. The highest BCUT2D eigenvalue weighted by Crippen LogP contribution is 2.27. The van der Waals surface area contributed by atoms with Crippen molar-refractivity contribution in [3.8, 4) is 0 Å². The van der Waals surface area contributed by atoms with Crippen LogP contribution in [0.4, 0.5) is 5.69 Å². The molecule has 1 unspecified atom stereocenters. The number of anilines is 1.